The molecule has 10 nitrogen and oxygen atoms in total. The third kappa shape index (κ3) is 7.81. The van der Waals surface area contributed by atoms with Crippen LogP contribution in [0.25, 0.3) is 0 Å². The number of rotatable bonds is 9. The molecule has 0 amide bonds. The van der Waals surface area contributed by atoms with Gasteiger partial charge >= 0.3 is 23.9 Å². The largest absolute Gasteiger partial charge is 0.463 e. The molecule has 1 heterocycles. The molecule has 1 rings (SSSR count). The predicted molar refractivity (Wildman–Crippen MR) is 92.8 cm³/mol. The predicted octanol–water partition coefficient (Wildman–Crippen LogP) is 0.886. The van der Waals surface area contributed by atoms with Crippen molar-refractivity contribution in [2.75, 3.05) is 13.2 Å². The third-order valence-corrected chi connectivity index (χ3v) is 3.73. The van der Waals surface area contributed by atoms with Crippen LogP contribution >= 0.6 is 0 Å². The molecule has 0 spiro atoms. The van der Waals surface area contributed by atoms with Crippen LogP contribution in [0.2, 0.25) is 0 Å². The van der Waals surface area contributed by atoms with Crippen LogP contribution in [0.3, 0.4) is 0 Å². The molecule has 5 atom stereocenters. The van der Waals surface area contributed by atoms with Gasteiger partial charge in [0.2, 0.25) is 0 Å². The summed E-state index contributed by atoms with van der Waals surface area (Å²) in [5, 5.41) is 0. The van der Waals surface area contributed by atoms with E-state index in [1.165, 1.54) is 27.7 Å². The lowest BCUT2D eigenvalue weighted by atomic mass is 9.98. The van der Waals surface area contributed by atoms with Crippen LogP contribution in [0, 0.1) is 0 Å². The lowest BCUT2D eigenvalue weighted by Crippen LogP contribution is -2.63. The molecule has 1 fully saturated rings. The summed E-state index contributed by atoms with van der Waals surface area (Å²) >= 11 is 0. The molecule has 0 radical (unpaired) electrons. The standard InChI is InChI=1S/C18H28O10/c1-6-7-8-23-18-17(27-13(5)22)16(26-12(4)21)15(25-11(3)20)14(28-18)9-24-10(2)19/h14-18H,6-9H2,1-5H3/t14-,15-,16+,17+,18?/m1/s1. The molecule has 1 unspecified atom stereocenters. The second-order valence-electron chi connectivity index (χ2n) is 6.29. The number of carbonyl (C=O) groups is 4. The number of esters is 4. The van der Waals surface area contributed by atoms with E-state index in [0.29, 0.717) is 13.0 Å². The SMILES string of the molecule is CCCCOC1O[C@H](COC(C)=O)[C@@H](OC(C)=O)[C@H](OC(C)=O)[C@@H]1OC(C)=O. The van der Waals surface area contributed by atoms with Crippen LogP contribution in [-0.4, -0.2) is 67.8 Å². The van der Waals surface area contributed by atoms with Crippen molar-refractivity contribution >= 4 is 23.9 Å². The van der Waals surface area contributed by atoms with E-state index in [-0.39, 0.29) is 6.61 Å². The number of unbranched alkanes of at least 4 members (excludes halogenated alkanes) is 1. The van der Waals surface area contributed by atoms with Gasteiger partial charge in [0.25, 0.3) is 0 Å². The highest BCUT2D eigenvalue weighted by atomic mass is 16.7. The quantitative estimate of drug-likeness (QED) is 0.311. The second-order valence-corrected chi connectivity index (χ2v) is 6.29. The second kappa shape index (κ2) is 11.6. The van der Waals surface area contributed by atoms with Crippen molar-refractivity contribution in [3.63, 3.8) is 0 Å². The maximum Gasteiger partial charge on any atom is 0.303 e. The van der Waals surface area contributed by atoms with Gasteiger partial charge < -0.3 is 28.4 Å². The zero-order valence-electron chi connectivity index (χ0n) is 16.8. The van der Waals surface area contributed by atoms with E-state index in [4.69, 9.17) is 28.4 Å². The summed E-state index contributed by atoms with van der Waals surface area (Å²) in [6.45, 7) is 6.72. The molecule has 0 saturated carbocycles. The van der Waals surface area contributed by atoms with E-state index in [0.717, 1.165) is 6.42 Å². The van der Waals surface area contributed by atoms with Gasteiger partial charge in [0, 0.05) is 34.3 Å². The Morgan fingerprint density at radius 1 is 0.786 bits per heavy atom. The van der Waals surface area contributed by atoms with Crippen molar-refractivity contribution in [1.29, 1.82) is 0 Å². The van der Waals surface area contributed by atoms with Crippen LogP contribution in [0.4, 0.5) is 0 Å². The molecule has 0 N–H and O–H groups in total. The minimum Gasteiger partial charge on any atom is -0.463 e. The van der Waals surface area contributed by atoms with Crippen molar-refractivity contribution in [3.8, 4) is 0 Å². The smallest absolute Gasteiger partial charge is 0.303 e. The molecule has 0 aliphatic carbocycles. The Morgan fingerprint density at radius 2 is 1.32 bits per heavy atom. The first-order valence-corrected chi connectivity index (χ1v) is 9.07. The van der Waals surface area contributed by atoms with E-state index >= 15 is 0 Å². The monoisotopic (exact) mass is 404 g/mol. The highest BCUT2D eigenvalue weighted by Crippen LogP contribution is 2.30. The average Bonchev–Trinajstić information content (AvgIpc) is 2.57. The maximum absolute atomic E-state index is 11.6. The van der Waals surface area contributed by atoms with Crippen LogP contribution in [-0.2, 0) is 47.6 Å². The summed E-state index contributed by atoms with van der Waals surface area (Å²) in [5.74, 6) is -2.58. The van der Waals surface area contributed by atoms with Crippen molar-refractivity contribution in [2.24, 2.45) is 0 Å². The van der Waals surface area contributed by atoms with Crippen molar-refractivity contribution < 1.29 is 47.6 Å². The van der Waals surface area contributed by atoms with E-state index < -0.39 is 54.6 Å². The minimum absolute atomic E-state index is 0.272. The molecule has 28 heavy (non-hydrogen) atoms. The Balaban J connectivity index is 3.21. The van der Waals surface area contributed by atoms with Crippen molar-refractivity contribution in [1.82, 2.24) is 0 Å². The summed E-state index contributed by atoms with van der Waals surface area (Å²) in [4.78, 5) is 46.0. The molecule has 10 heteroatoms. The minimum atomic E-state index is -1.20. The Labute approximate surface area is 163 Å². The highest BCUT2D eigenvalue weighted by molar-refractivity contribution is 5.68. The highest BCUT2D eigenvalue weighted by Gasteiger charge is 2.52. The molecular weight excluding hydrogens is 376 g/mol. The Hall–Kier alpha value is -2.20. The maximum atomic E-state index is 11.6. The fourth-order valence-corrected chi connectivity index (χ4v) is 2.67. The average molecular weight is 404 g/mol. The molecule has 1 aliphatic heterocycles. The van der Waals surface area contributed by atoms with Gasteiger partial charge in [0.15, 0.2) is 24.6 Å². The molecule has 1 saturated heterocycles. The van der Waals surface area contributed by atoms with Gasteiger partial charge in [-0.15, -0.1) is 0 Å². The molecular formula is C18H28O10. The van der Waals surface area contributed by atoms with Gasteiger partial charge in [-0.25, -0.2) is 0 Å². The Morgan fingerprint density at radius 3 is 1.82 bits per heavy atom. The van der Waals surface area contributed by atoms with Crippen LogP contribution in [0.15, 0.2) is 0 Å². The van der Waals surface area contributed by atoms with Crippen molar-refractivity contribution in [2.45, 2.75) is 78.2 Å². The molecule has 0 aromatic rings. The third-order valence-electron chi connectivity index (χ3n) is 3.73. The first-order valence-electron chi connectivity index (χ1n) is 9.07. The normalized spacial score (nSPS) is 26.8. The van der Waals surface area contributed by atoms with Gasteiger partial charge in [0.1, 0.15) is 12.7 Å². The van der Waals surface area contributed by atoms with Gasteiger partial charge in [-0.3, -0.25) is 19.2 Å². The van der Waals surface area contributed by atoms with E-state index in [1.54, 1.807) is 0 Å². The van der Waals surface area contributed by atoms with E-state index in [2.05, 4.69) is 0 Å². The van der Waals surface area contributed by atoms with Crippen LogP contribution < -0.4 is 0 Å². The molecule has 0 aromatic heterocycles. The Kier molecular flexibility index (Phi) is 9.88. The Bertz CT molecular complexity index is 561. The van der Waals surface area contributed by atoms with Gasteiger partial charge in [0.05, 0.1) is 0 Å². The fraction of sp³-hybridized carbons (Fsp3) is 0.778. The lowest BCUT2D eigenvalue weighted by molar-refractivity contribution is -0.308. The van der Waals surface area contributed by atoms with Crippen LogP contribution in [0.1, 0.15) is 47.5 Å². The lowest BCUT2D eigenvalue weighted by Gasteiger charge is -2.44. The van der Waals surface area contributed by atoms with E-state index in [1.807, 2.05) is 6.92 Å². The van der Waals surface area contributed by atoms with Crippen LogP contribution in [0.5, 0.6) is 0 Å². The number of carbonyl (C=O) groups excluding carboxylic acids is 4. The fourth-order valence-electron chi connectivity index (χ4n) is 2.67. The molecule has 0 aromatic carbocycles. The summed E-state index contributed by atoms with van der Waals surface area (Å²) in [6.07, 6.45) is -4.07. The van der Waals surface area contributed by atoms with Gasteiger partial charge in [-0.2, -0.15) is 0 Å². The molecule has 1 aliphatic rings. The number of hydrogen-bond donors (Lipinski definition) is 0. The molecule has 0 bridgehead atoms. The summed E-state index contributed by atoms with van der Waals surface area (Å²) in [7, 11) is 0. The number of ether oxygens (including phenoxy) is 6. The summed E-state index contributed by atoms with van der Waals surface area (Å²) < 4.78 is 32.2. The zero-order valence-corrected chi connectivity index (χ0v) is 16.8. The molecule has 160 valence electrons. The van der Waals surface area contributed by atoms with Gasteiger partial charge in [-0.05, 0) is 6.42 Å². The van der Waals surface area contributed by atoms with Crippen molar-refractivity contribution in [3.05, 3.63) is 0 Å². The summed E-state index contributed by atoms with van der Waals surface area (Å²) in [6, 6.07) is 0. The first-order chi connectivity index (χ1) is 13.1. The first kappa shape index (κ1) is 23.8. The van der Waals surface area contributed by atoms with E-state index in [9.17, 15) is 19.2 Å². The topological polar surface area (TPSA) is 124 Å². The number of hydrogen-bond acceptors (Lipinski definition) is 10. The zero-order chi connectivity index (χ0) is 21.3. The van der Waals surface area contributed by atoms with Gasteiger partial charge in [-0.1, -0.05) is 13.3 Å². The summed E-state index contributed by atoms with van der Waals surface area (Å²) in [5.41, 5.74) is 0.